The lowest BCUT2D eigenvalue weighted by atomic mass is 9.83. The molecule has 0 amide bonds. The number of benzene rings is 2. The smallest absolute Gasteiger partial charge is 0.209 e. The molecule has 1 aliphatic carbocycles. The fraction of sp³-hybridized carbons (Fsp3) is 0.433. The van der Waals surface area contributed by atoms with Crippen LogP contribution in [0.25, 0.3) is 11.1 Å². The minimum Gasteiger partial charge on any atom is -0.376 e. The third-order valence-corrected chi connectivity index (χ3v) is 8.49. The highest BCUT2D eigenvalue weighted by atomic mass is 32.2. The average molecular weight is 520 g/mol. The Morgan fingerprint density at radius 1 is 0.919 bits per heavy atom. The Labute approximate surface area is 221 Å². The number of pyridine rings is 1. The van der Waals surface area contributed by atoms with Gasteiger partial charge >= 0.3 is 0 Å². The van der Waals surface area contributed by atoms with Crippen LogP contribution in [0.4, 0.5) is 5.69 Å². The maximum Gasteiger partial charge on any atom is 0.209 e. The zero-order chi connectivity index (χ0) is 25.7. The zero-order valence-corrected chi connectivity index (χ0v) is 22.3. The van der Waals surface area contributed by atoms with E-state index in [0.29, 0.717) is 12.5 Å². The summed E-state index contributed by atoms with van der Waals surface area (Å²) in [7, 11) is -3.34. The summed E-state index contributed by atoms with van der Waals surface area (Å²) < 4.78 is 33.9. The minimum atomic E-state index is -3.34. The fourth-order valence-electron chi connectivity index (χ4n) is 5.89. The first-order valence-electron chi connectivity index (χ1n) is 13.4. The molecule has 2 heterocycles. The van der Waals surface area contributed by atoms with Crippen molar-refractivity contribution in [2.75, 3.05) is 24.3 Å². The summed E-state index contributed by atoms with van der Waals surface area (Å²) in [5.74, 6) is 0.596. The monoisotopic (exact) mass is 519 g/mol. The first-order chi connectivity index (χ1) is 18.0. The molecule has 0 unspecified atom stereocenters. The van der Waals surface area contributed by atoms with Crippen molar-refractivity contribution in [3.8, 4) is 11.1 Å². The molecule has 1 N–H and O–H groups in total. The van der Waals surface area contributed by atoms with Gasteiger partial charge in [-0.2, -0.15) is 0 Å². The van der Waals surface area contributed by atoms with Crippen molar-refractivity contribution in [2.24, 2.45) is 0 Å². The number of hydrogen-bond donors (Lipinski definition) is 1. The molecule has 6 nitrogen and oxygen atoms in total. The molecule has 2 aromatic carbocycles. The number of anilines is 1. The molecule has 1 saturated heterocycles. The minimum absolute atomic E-state index is 0.0943. The second-order valence-electron chi connectivity index (χ2n) is 10.4. The highest BCUT2D eigenvalue weighted by Crippen LogP contribution is 2.35. The van der Waals surface area contributed by atoms with Crippen LogP contribution in [-0.4, -0.2) is 51.0 Å². The Morgan fingerprint density at radius 2 is 1.62 bits per heavy atom. The van der Waals surface area contributed by atoms with Crippen molar-refractivity contribution in [2.45, 2.75) is 62.6 Å². The summed E-state index contributed by atoms with van der Waals surface area (Å²) in [6.07, 6.45) is 11.2. The van der Waals surface area contributed by atoms with E-state index in [0.717, 1.165) is 61.9 Å². The lowest BCUT2D eigenvalue weighted by molar-refractivity contribution is 0.0102. The van der Waals surface area contributed by atoms with E-state index < -0.39 is 10.0 Å². The zero-order valence-electron chi connectivity index (χ0n) is 21.5. The number of hydrogen-bond acceptors (Lipinski definition) is 5. The normalized spacial score (nSPS) is 24.6. The molecular weight excluding hydrogens is 482 g/mol. The van der Waals surface area contributed by atoms with E-state index in [1.165, 1.54) is 11.8 Å². The van der Waals surface area contributed by atoms with Crippen LogP contribution in [-0.2, 0) is 14.8 Å². The average Bonchev–Trinajstić information content (AvgIpc) is 2.93. The summed E-state index contributed by atoms with van der Waals surface area (Å²) in [5, 5.41) is 0. The van der Waals surface area contributed by atoms with E-state index in [4.69, 9.17) is 4.74 Å². The van der Waals surface area contributed by atoms with E-state index in [1.54, 1.807) is 0 Å². The van der Waals surface area contributed by atoms with Gasteiger partial charge in [0.25, 0.3) is 0 Å². The highest BCUT2D eigenvalue weighted by molar-refractivity contribution is 7.88. The van der Waals surface area contributed by atoms with Crippen molar-refractivity contribution in [1.82, 2.24) is 9.71 Å². The highest BCUT2D eigenvalue weighted by Gasteiger charge is 2.35. The number of nitrogens with zero attached hydrogens (tertiary/aromatic N) is 2. The van der Waals surface area contributed by atoms with Crippen LogP contribution in [0.15, 0.2) is 79.1 Å². The predicted molar refractivity (Wildman–Crippen MR) is 149 cm³/mol. The summed E-state index contributed by atoms with van der Waals surface area (Å²) in [6, 6.07) is 22.8. The van der Waals surface area contributed by atoms with Gasteiger partial charge < -0.3 is 9.64 Å². The second-order valence-corrected chi connectivity index (χ2v) is 12.2. The van der Waals surface area contributed by atoms with Crippen LogP contribution in [0.3, 0.4) is 0 Å². The van der Waals surface area contributed by atoms with Gasteiger partial charge in [0.05, 0.1) is 36.9 Å². The van der Waals surface area contributed by atoms with Gasteiger partial charge in [0.1, 0.15) is 0 Å². The molecular formula is C30H37N3O3S. The van der Waals surface area contributed by atoms with Gasteiger partial charge in [-0.25, -0.2) is 13.1 Å². The third-order valence-electron chi connectivity index (χ3n) is 7.75. The number of ether oxygens (including phenoxy) is 1. The van der Waals surface area contributed by atoms with Gasteiger partial charge in [0.15, 0.2) is 0 Å². The number of rotatable bonds is 8. The number of aromatic nitrogens is 1. The summed E-state index contributed by atoms with van der Waals surface area (Å²) in [5.41, 5.74) is 4.59. The maximum absolute atomic E-state index is 12.2. The number of sulfonamides is 1. The SMILES string of the molecule is CS(=O)(=O)N[C@H]1CCCN(c2cncc(-c3ccccc3)c2)[C@H]1CO[C@H]1CC[C@@H](c2ccccc2)CC1. The Balaban J connectivity index is 1.31. The molecule has 2 atom stereocenters. The molecule has 5 rings (SSSR count). The van der Waals surface area contributed by atoms with E-state index in [9.17, 15) is 8.42 Å². The van der Waals surface area contributed by atoms with Crippen molar-refractivity contribution in [3.63, 3.8) is 0 Å². The van der Waals surface area contributed by atoms with Crippen LogP contribution in [0.1, 0.15) is 50.0 Å². The molecule has 3 aromatic rings. The Morgan fingerprint density at radius 3 is 2.32 bits per heavy atom. The van der Waals surface area contributed by atoms with Crippen molar-refractivity contribution in [3.05, 3.63) is 84.7 Å². The summed E-state index contributed by atoms with van der Waals surface area (Å²) >= 11 is 0. The van der Waals surface area contributed by atoms with Crippen molar-refractivity contribution < 1.29 is 13.2 Å². The van der Waals surface area contributed by atoms with E-state index in [-0.39, 0.29) is 18.2 Å². The molecule has 196 valence electrons. The van der Waals surface area contributed by atoms with Crippen LogP contribution >= 0.6 is 0 Å². The second kappa shape index (κ2) is 11.8. The first-order valence-corrected chi connectivity index (χ1v) is 15.3. The standard InChI is InChI=1S/C30H37N3O3S/c1-37(34,35)32-29-13-8-18-33(27-19-26(20-31-21-27)24-11-6-3-7-12-24)30(29)22-36-28-16-14-25(15-17-28)23-9-4-2-5-10-23/h2-7,9-12,19-21,25,28-30,32H,8,13-18,22H2,1H3/t25-,28+,29-,30-/m0/s1. The molecule has 37 heavy (non-hydrogen) atoms. The van der Waals surface area contributed by atoms with Gasteiger partial charge in [0, 0.05) is 24.3 Å². The van der Waals surface area contributed by atoms with Crippen LogP contribution in [0, 0.1) is 0 Å². The number of nitrogens with one attached hydrogen (secondary N) is 1. The van der Waals surface area contributed by atoms with E-state index in [2.05, 4.69) is 63.1 Å². The molecule has 1 aromatic heterocycles. The largest absolute Gasteiger partial charge is 0.376 e. The molecule has 1 saturated carbocycles. The Kier molecular flexibility index (Phi) is 8.23. The summed E-state index contributed by atoms with van der Waals surface area (Å²) in [4.78, 5) is 6.83. The molecule has 0 bridgehead atoms. The van der Waals surface area contributed by atoms with Crippen LogP contribution in [0.5, 0.6) is 0 Å². The molecule has 0 spiro atoms. The lowest BCUT2D eigenvalue weighted by Crippen LogP contribution is -2.57. The molecule has 1 aliphatic heterocycles. The molecule has 0 radical (unpaired) electrons. The van der Waals surface area contributed by atoms with Gasteiger partial charge in [-0.05, 0) is 61.6 Å². The molecule has 2 fully saturated rings. The molecule has 2 aliphatic rings. The van der Waals surface area contributed by atoms with E-state index >= 15 is 0 Å². The molecule has 7 heteroatoms. The summed E-state index contributed by atoms with van der Waals surface area (Å²) in [6.45, 7) is 1.33. The Bertz CT molecular complexity index is 1250. The first kappa shape index (κ1) is 25.9. The van der Waals surface area contributed by atoms with Gasteiger partial charge in [-0.3, -0.25) is 4.98 Å². The topological polar surface area (TPSA) is 71.5 Å². The van der Waals surface area contributed by atoms with Crippen molar-refractivity contribution in [1.29, 1.82) is 0 Å². The van der Waals surface area contributed by atoms with Crippen molar-refractivity contribution >= 4 is 15.7 Å². The fourth-order valence-corrected chi connectivity index (χ4v) is 6.72. The maximum atomic E-state index is 12.2. The van der Waals surface area contributed by atoms with Crippen LogP contribution in [0.2, 0.25) is 0 Å². The Hall–Kier alpha value is -2.74. The third kappa shape index (κ3) is 6.78. The van der Waals surface area contributed by atoms with Gasteiger partial charge in [-0.15, -0.1) is 0 Å². The van der Waals surface area contributed by atoms with Gasteiger partial charge in [0.2, 0.25) is 10.0 Å². The number of piperidine rings is 1. The predicted octanol–water partition coefficient (Wildman–Crippen LogP) is 5.38. The van der Waals surface area contributed by atoms with Crippen LogP contribution < -0.4 is 9.62 Å². The quantitative estimate of drug-likeness (QED) is 0.433. The lowest BCUT2D eigenvalue weighted by Gasteiger charge is -2.43. The van der Waals surface area contributed by atoms with Gasteiger partial charge in [-0.1, -0.05) is 60.7 Å². The van der Waals surface area contributed by atoms with E-state index in [1.807, 2.05) is 30.6 Å².